The molecule has 3 aromatic rings. The number of nitrogen functional groups attached to an aromatic ring is 2. The van der Waals surface area contributed by atoms with Gasteiger partial charge < -0.3 is 26.7 Å². The third-order valence-electron chi connectivity index (χ3n) is 5.98. The number of pyridine rings is 1. The maximum absolute atomic E-state index is 13.1. The molecule has 1 unspecified atom stereocenters. The highest BCUT2D eigenvalue weighted by Crippen LogP contribution is 2.40. The van der Waals surface area contributed by atoms with Gasteiger partial charge in [-0.3, -0.25) is 14.5 Å². The summed E-state index contributed by atoms with van der Waals surface area (Å²) in [6, 6.07) is 6.54. The number of aliphatic carboxylic acids is 1. The van der Waals surface area contributed by atoms with Gasteiger partial charge in [0.05, 0.1) is 0 Å². The Kier molecular flexibility index (Phi) is 6.43. The molecule has 2 atom stereocenters. The average molecular weight is 541 g/mol. The minimum Gasteiger partial charge on any atom is -0.477 e. The largest absolute Gasteiger partial charge is 0.477 e. The Labute approximate surface area is 218 Å². The lowest BCUT2D eigenvalue weighted by atomic mass is 10.0. The highest BCUT2D eigenvalue weighted by atomic mass is 32.2. The Hall–Kier alpha value is -4.17. The topological polar surface area (TPSA) is 177 Å². The van der Waals surface area contributed by atoms with Crippen LogP contribution in [0.15, 0.2) is 58.5 Å². The number of aromatic nitrogens is 2. The van der Waals surface area contributed by atoms with Crippen LogP contribution < -0.4 is 21.4 Å². The van der Waals surface area contributed by atoms with Crippen LogP contribution in [-0.2, 0) is 25.8 Å². The summed E-state index contributed by atoms with van der Waals surface area (Å²) in [5.41, 5.74) is 12.9. The smallest absolute Gasteiger partial charge is 0.352 e. The number of carboxylic acid groups (broad SMARTS) is 1. The van der Waals surface area contributed by atoms with E-state index in [-0.39, 0.29) is 28.8 Å². The molecule has 0 bridgehead atoms. The van der Waals surface area contributed by atoms with Gasteiger partial charge in [0.15, 0.2) is 29.8 Å². The number of fused-ring (bicyclic) bond motifs is 2. The van der Waals surface area contributed by atoms with Crippen molar-refractivity contribution in [1.29, 1.82) is 0 Å². The average Bonchev–Trinajstić information content (AvgIpc) is 3.31. The molecule has 0 saturated carbocycles. The summed E-state index contributed by atoms with van der Waals surface area (Å²) >= 11 is 2.51. The zero-order valence-electron chi connectivity index (χ0n) is 19.5. The minimum atomic E-state index is -1.20. The van der Waals surface area contributed by atoms with E-state index in [0.717, 1.165) is 22.1 Å². The number of nitrogens with zero attached hydrogens (tertiary/aromatic N) is 4. The Bertz CT molecular complexity index is 1500. The number of nitrogens with one attached hydrogen (secondary N) is 1. The summed E-state index contributed by atoms with van der Waals surface area (Å²) in [6.07, 6.45) is 3.71. The first-order valence-electron chi connectivity index (χ1n) is 11.0. The molecule has 12 nitrogen and oxygen atoms in total. The molecule has 0 radical (unpaired) electrons. The number of nitrogens with two attached hydrogens (primary N) is 2. The molecule has 6 N–H and O–H groups in total. The molecule has 190 valence electrons. The number of amides is 2. The first-order valence-corrected chi connectivity index (χ1v) is 12.9. The molecule has 2 aliphatic rings. The van der Waals surface area contributed by atoms with Crippen molar-refractivity contribution in [3.05, 3.63) is 59.0 Å². The van der Waals surface area contributed by atoms with E-state index >= 15 is 0 Å². The van der Waals surface area contributed by atoms with E-state index in [0.29, 0.717) is 17.0 Å². The van der Waals surface area contributed by atoms with E-state index < -0.39 is 29.2 Å². The lowest BCUT2D eigenvalue weighted by Crippen LogP contribution is -2.71. The van der Waals surface area contributed by atoms with Crippen molar-refractivity contribution in [1.82, 2.24) is 15.2 Å². The number of thiazole rings is 1. The van der Waals surface area contributed by atoms with Gasteiger partial charge in [0.2, 0.25) is 0 Å². The number of thioether (sulfide) groups is 1. The molecule has 2 aliphatic heterocycles. The Morgan fingerprint density at radius 2 is 2.16 bits per heavy atom. The van der Waals surface area contributed by atoms with Gasteiger partial charge in [0, 0.05) is 39.2 Å². The fourth-order valence-electron chi connectivity index (χ4n) is 4.32. The molecular formula is C23H22N7O5S2+. The number of hydrogen-bond donors (Lipinski definition) is 4. The number of oxime groups is 1. The Balaban J connectivity index is 1.36. The molecule has 2 amide bonds. The SMILES string of the molecule is CO/N=C(\C(=O)NC1C(=O)N2C(C(=O)O)=C(C[n+]3ccc4c(N)cccc4c3)CS[C@H]12)c1csc(N)n1. The van der Waals surface area contributed by atoms with Crippen molar-refractivity contribution in [2.24, 2.45) is 5.16 Å². The summed E-state index contributed by atoms with van der Waals surface area (Å²) in [6.45, 7) is 0.281. The summed E-state index contributed by atoms with van der Waals surface area (Å²) in [5.74, 6) is -2.04. The van der Waals surface area contributed by atoms with Crippen LogP contribution in [0, 0.1) is 0 Å². The van der Waals surface area contributed by atoms with Gasteiger partial charge in [-0.05, 0) is 12.1 Å². The first-order chi connectivity index (χ1) is 17.8. The number of β-lactam (4-membered cyclic amide) rings is 1. The molecule has 1 aromatic carbocycles. The molecule has 0 aliphatic carbocycles. The second kappa shape index (κ2) is 9.71. The molecule has 0 spiro atoms. The van der Waals surface area contributed by atoms with Crippen molar-refractivity contribution in [3.63, 3.8) is 0 Å². The fourth-order valence-corrected chi connectivity index (χ4v) is 6.21. The molecule has 5 rings (SSSR count). The number of rotatable bonds is 7. The van der Waals surface area contributed by atoms with Crippen LogP contribution in [0.25, 0.3) is 10.8 Å². The molecule has 14 heteroatoms. The Morgan fingerprint density at radius 3 is 2.86 bits per heavy atom. The van der Waals surface area contributed by atoms with Crippen molar-refractivity contribution in [2.75, 3.05) is 24.3 Å². The minimum absolute atomic E-state index is 0.0718. The molecule has 4 heterocycles. The zero-order chi connectivity index (χ0) is 26.3. The zero-order valence-corrected chi connectivity index (χ0v) is 21.1. The van der Waals surface area contributed by atoms with Crippen LogP contribution in [0.4, 0.5) is 10.8 Å². The van der Waals surface area contributed by atoms with E-state index in [1.54, 1.807) is 5.38 Å². The van der Waals surface area contributed by atoms with Gasteiger partial charge in [-0.2, -0.15) is 0 Å². The number of carbonyl (C=O) groups is 3. The second-order valence-electron chi connectivity index (χ2n) is 8.28. The molecule has 37 heavy (non-hydrogen) atoms. The highest BCUT2D eigenvalue weighted by Gasteiger charge is 2.54. The number of carboxylic acids is 1. The van der Waals surface area contributed by atoms with Gasteiger partial charge in [0.1, 0.15) is 29.9 Å². The van der Waals surface area contributed by atoms with E-state index in [1.165, 1.54) is 23.8 Å². The fraction of sp³-hybridized carbons (Fsp3) is 0.217. The van der Waals surface area contributed by atoms with Gasteiger partial charge in [-0.25, -0.2) is 14.3 Å². The molecular weight excluding hydrogens is 518 g/mol. The van der Waals surface area contributed by atoms with Crippen molar-refractivity contribution < 1.29 is 28.9 Å². The van der Waals surface area contributed by atoms with Crippen LogP contribution in [0.5, 0.6) is 0 Å². The number of carbonyl (C=O) groups excluding carboxylic acids is 2. The van der Waals surface area contributed by atoms with Gasteiger partial charge in [-0.15, -0.1) is 23.1 Å². The third kappa shape index (κ3) is 4.44. The summed E-state index contributed by atoms with van der Waals surface area (Å²) < 4.78 is 1.86. The van der Waals surface area contributed by atoms with E-state index in [9.17, 15) is 19.5 Å². The van der Waals surface area contributed by atoms with Crippen LogP contribution in [0.2, 0.25) is 0 Å². The predicted molar refractivity (Wildman–Crippen MR) is 138 cm³/mol. The van der Waals surface area contributed by atoms with Crippen LogP contribution in [0.3, 0.4) is 0 Å². The summed E-state index contributed by atoms with van der Waals surface area (Å²) in [7, 11) is 1.28. The van der Waals surface area contributed by atoms with Gasteiger partial charge >= 0.3 is 5.97 Å². The maximum Gasteiger partial charge on any atom is 0.352 e. The van der Waals surface area contributed by atoms with Crippen LogP contribution >= 0.6 is 23.1 Å². The third-order valence-corrected chi connectivity index (χ3v) is 8.00. The molecule has 1 saturated heterocycles. The van der Waals surface area contributed by atoms with E-state index in [4.69, 9.17) is 16.3 Å². The maximum atomic E-state index is 13.1. The highest BCUT2D eigenvalue weighted by molar-refractivity contribution is 8.00. The van der Waals surface area contributed by atoms with Crippen molar-refractivity contribution >= 4 is 68.2 Å². The standard InChI is InChI=1S/C23H21N7O5S2/c1-35-28-16(15-10-37-23(25)26-15)19(31)27-17-20(32)30-18(22(33)34)12(9-36-21(17)30)8-29-6-5-13-11(7-29)3-2-4-14(13)24/h2-7,10,17,21H,8-9,24H2,1H3,(H3-,25,26,27,31,33,34)/p+1/b28-16-/t17?,21-/m1/s1. The van der Waals surface area contributed by atoms with Crippen molar-refractivity contribution in [3.8, 4) is 0 Å². The Morgan fingerprint density at radius 1 is 1.35 bits per heavy atom. The number of benzene rings is 1. The normalized spacial score (nSPS) is 19.4. The monoisotopic (exact) mass is 540 g/mol. The lowest BCUT2D eigenvalue weighted by molar-refractivity contribution is -0.687. The van der Waals surface area contributed by atoms with Crippen LogP contribution in [-0.4, -0.2) is 62.8 Å². The second-order valence-corrected chi connectivity index (χ2v) is 10.3. The quantitative estimate of drug-likeness (QED) is 0.109. The van der Waals surface area contributed by atoms with Gasteiger partial charge in [0.25, 0.3) is 11.8 Å². The predicted octanol–water partition coefficient (Wildman–Crippen LogP) is 0.538. The molecule has 1 fully saturated rings. The molecule has 2 aromatic heterocycles. The number of anilines is 2. The van der Waals surface area contributed by atoms with Crippen molar-refractivity contribution in [2.45, 2.75) is 18.0 Å². The number of hydrogen-bond acceptors (Lipinski definition) is 10. The summed E-state index contributed by atoms with van der Waals surface area (Å²) in [5, 5.41) is 19.4. The summed E-state index contributed by atoms with van der Waals surface area (Å²) in [4.78, 5) is 48.2. The van der Waals surface area contributed by atoms with Crippen LogP contribution in [0.1, 0.15) is 5.69 Å². The van der Waals surface area contributed by atoms with Gasteiger partial charge in [-0.1, -0.05) is 11.2 Å². The first kappa shape index (κ1) is 24.5. The van der Waals surface area contributed by atoms with E-state index in [2.05, 4.69) is 15.5 Å². The lowest BCUT2D eigenvalue weighted by Gasteiger charge is -2.49. The van der Waals surface area contributed by atoms with E-state index in [1.807, 2.05) is 41.2 Å².